The van der Waals surface area contributed by atoms with Crippen molar-refractivity contribution in [1.82, 2.24) is 24.6 Å². The Morgan fingerprint density at radius 3 is 2.68 bits per heavy atom. The number of halogens is 1. The number of esters is 1. The molecule has 14 nitrogen and oxygen atoms in total. The zero-order chi connectivity index (χ0) is 29.9. The summed E-state index contributed by atoms with van der Waals surface area (Å²) in [6.07, 6.45) is -2.93. The molecule has 1 aliphatic heterocycles. The Kier molecular flexibility index (Phi) is 8.94. The van der Waals surface area contributed by atoms with Crippen molar-refractivity contribution in [3.05, 3.63) is 49.3 Å². The fraction of sp³-hybridized carbons (Fsp3) is 0.440. The van der Waals surface area contributed by atoms with Gasteiger partial charge in [0, 0.05) is 7.05 Å². The number of aliphatic hydroxyl groups is 1. The molecule has 1 fully saturated rings. The van der Waals surface area contributed by atoms with Gasteiger partial charge in [-0.05, 0) is 39.0 Å². The monoisotopic (exact) mass is 593 g/mol. The summed E-state index contributed by atoms with van der Waals surface area (Å²) in [4.78, 5) is 24.8. The number of rotatable bonds is 12. The number of nitrogens with zero attached hydrogens (tertiary/aromatic N) is 4. The molecule has 0 radical (unpaired) electrons. The van der Waals surface area contributed by atoms with Gasteiger partial charge in [-0.15, -0.1) is 0 Å². The van der Waals surface area contributed by atoms with E-state index in [0.717, 1.165) is 6.08 Å². The Hall–Kier alpha value is -3.62. The molecule has 5 N–H and O–H groups in total. The van der Waals surface area contributed by atoms with Crippen LogP contribution in [0.5, 0.6) is 5.75 Å². The van der Waals surface area contributed by atoms with Crippen LogP contribution in [0, 0.1) is 0 Å². The first-order chi connectivity index (χ1) is 19.4. The van der Waals surface area contributed by atoms with Crippen LogP contribution in [-0.2, 0) is 23.4 Å². The fourth-order valence-electron chi connectivity index (χ4n) is 4.19. The molecule has 222 valence electrons. The molecule has 16 heteroatoms. The second-order valence-corrected chi connectivity index (χ2v) is 11.2. The topological polar surface area (TPSA) is 185 Å². The van der Waals surface area contributed by atoms with Gasteiger partial charge in [-0.1, -0.05) is 24.8 Å². The van der Waals surface area contributed by atoms with E-state index >= 15 is 4.39 Å². The minimum Gasteiger partial charge on any atom is -0.462 e. The molecule has 0 saturated carbocycles. The maximum atomic E-state index is 16.3. The largest absolute Gasteiger partial charge is 0.462 e. The predicted molar refractivity (Wildman–Crippen MR) is 148 cm³/mol. The summed E-state index contributed by atoms with van der Waals surface area (Å²) in [6.45, 7) is 7.69. The van der Waals surface area contributed by atoms with Gasteiger partial charge in [-0.2, -0.15) is 15.1 Å². The Balaban J connectivity index is 1.59. The molecule has 1 aromatic carbocycles. The number of fused-ring (bicyclic) bond motifs is 1. The standard InChI is InChI=1S/C25H33FN7O7P/c1-6-25(26)19(34)17(39-23(25)33-13-29-18-20(28-5)30-24(27)31-21(18)33)12-37-41(36,40-16-10-8-7-9-11-16)32-15(4)22(35)38-14(2)3/h6-11,13-15,17,19,23,34H,1,12H2,2-5H3,(H,32,36)(H3,27,28,30,31)/t15-,17+,19+,23+,25+,41-/m0/s1. The van der Waals surface area contributed by atoms with Gasteiger partial charge in [-0.3, -0.25) is 13.9 Å². The van der Waals surface area contributed by atoms with E-state index in [2.05, 4.69) is 31.9 Å². The molecule has 41 heavy (non-hydrogen) atoms. The number of hydrogen-bond donors (Lipinski definition) is 4. The number of nitrogens with one attached hydrogen (secondary N) is 2. The third kappa shape index (κ3) is 6.34. The van der Waals surface area contributed by atoms with E-state index in [1.54, 1.807) is 39.1 Å². The number of aliphatic hydroxyl groups excluding tert-OH is 1. The highest BCUT2D eigenvalue weighted by Crippen LogP contribution is 2.48. The molecule has 0 spiro atoms. The lowest BCUT2D eigenvalue weighted by Gasteiger charge is -2.26. The molecule has 0 amide bonds. The number of aromatic nitrogens is 4. The van der Waals surface area contributed by atoms with Gasteiger partial charge in [0.2, 0.25) is 11.6 Å². The lowest BCUT2D eigenvalue weighted by atomic mass is 9.96. The average molecular weight is 594 g/mol. The van der Waals surface area contributed by atoms with Crippen molar-refractivity contribution in [1.29, 1.82) is 0 Å². The normalized spacial score (nSPS) is 24.6. The quantitative estimate of drug-likeness (QED) is 0.137. The molecule has 1 saturated heterocycles. The van der Waals surface area contributed by atoms with Gasteiger partial charge in [0.1, 0.15) is 24.0 Å². The van der Waals surface area contributed by atoms with Crippen LogP contribution in [-0.4, -0.2) is 74.3 Å². The van der Waals surface area contributed by atoms with Crippen LogP contribution in [0.3, 0.4) is 0 Å². The molecule has 3 aromatic rings. The van der Waals surface area contributed by atoms with Crippen LogP contribution < -0.4 is 20.7 Å². The van der Waals surface area contributed by atoms with Crippen LogP contribution in [0.4, 0.5) is 16.2 Å². The highest BCUT2D eigenvalue weighted by atomic mass is 31.2. The van der Waals surface area contributed by atoms with E-state index in [4.69, 9.17) is 24.3 Å². The van der Waals surface area contributed by atoms with E-state index in [1.165, 1.54) is 30.0 Å². The second kappa shape index (κ2) is 12.1. The van der Waals surface area contributed by atoms with Crippen molar-refractivity contribution in [3.8, 4) is 5.75 Å². The number of imidazole rings is 1. The number of carbonyl (C=O) groups is 1. The van der Waals surface area contributed by atoms with Crippen molar-refractivity contribution in [2.45, 2.75) is 57.0 Å². The molecule has 6 atom stereocenters. The van der Waals surface area contributed by atoms with E-state index in [-0.39, 0.29) is 22.9 Å². The molecular formula is C25H33FN7O7P. The summed E-state index contributed by atoms with van der Waals surface area (Å²) in [5.41, 5.74) is 3.70. The van der Waals surface area contributed by atoms with Crippen LogP contribution >= 0.6 is 7.75 Å². The van der Waals surface area contributed by atoms with Crippen LogP contribution in [0.25, 0.3) is 11.2 Å². The number of hydrogen-bond acceptors (Lipinski definition) is 12. The van der Waals surface area contributed by atoms with E-state index in [9.17, 15) is 14.5 Å². The lowest BCUT2D eigenvalue weighted by Crippen LogP contribution is -2.42. The van der Waals surface area contributed by atoms with Gasteiger partial charge in [-0.25, -0.2) is 13.9 Å². The smallest absolute Gasteiger partial charge is 0.459 e. The zero-order valence-corrected chi connectivity index (χ0v) is 23.8. The Bertz CT molecular complexity index is 1440. The molecule has 2 aromatic heterocycles. The second-order valence-electron chi connectivity index (χ2n) is 9.54. The number of benzene rings is 1. The molecule has 0 unspecified atom stereocenters. The Labute approximate surface area is 235 Å². The van der Waals surface area contributed by atoms with Crippen molar-refractivity contribution < 1.29 is 37.4 Å². The lowest BCUT2D eigenvalue weighted by molar-refractivity contribution is -0.149. The summed E-state index contributed by atoms with van der Waals surface area (Å²) in [5, 5.41) is 16.4. The van der Waals surface area contributed by atoms with Gasteiger partial charge < -0.3 is 30.2 Å². The summed E-state index contributed by atoms with van der Waals surface area (Å²) in [6, 6.07) is 6.99. The van der Waals surface area contributed by atoms with Gasteiger partial charge >= 0.3 is 13.7 Å². The molecule has 3 heterocycles. The maximum absolute atomic E-state index is 16.3. The average Bonchev–Trinajstić information content (AvgIpc) is 3.45. The molecule has 0 aliphatic carbocycles. The Morgan fingerprint density at radius 1 is 1.34 bits per heavy atom. The van der Waals surface area contributed by atoms with Crippen molar-refractivity contribution in [2.75, 3.05) is 24.7 Å². The van der Waals surface area contributed by atoms with Crippen molar-refractivity contribution in [3.63, 3.8) is 0 Å². The number of carbonyl (C=O) groups excluding carboxylic acids is 1. The van der Waals surface area contributed by atoms with E-state index < -0.39 is 56.6 Å². The first-order valence-electron chi connectivity index (χ1n) is 12.7. The number of alkyl halides is 1. The predicted octanol–water partition coefficient (Wildman–Crippen LogP) is 2.74. The summed E-state index contributed by atoms with van der Waals surface area (Å²) < 4.78 is 53.6. The molecule has 1 aliphatic rings. The fourth-order valence-corrected chi connectivity index (χ4v) is 5.69. The zero-order valence-electron chi connectivity index (χ0n) is 22.9. The van der Waals surface area contributed by atoms with Crippen molar-refractivity contribution >= 4 is 36.6 Å². The van der Waals surface area contributed by atoms with Crippen LogP contribution in [0.1, 0.15) is 27.0 Å². The Morgan fingerprint density at radius 2 is 2.05 bits per heavy atom. The highest BCUT2D eigenvalue weighted by molar-refractivity contribution is 7.52. The first kappa shape index (κ1) is 30.3. The summed E-state index contributed by atoms with van der Waals surface area (Å²) >= 11 is 0. The minimum atomic E-state index is -4.31. The summed E-state index contributed by atoms with van der Waals surface area (Å²) in [5.74, 6) is -0.309. The van der Waals surface area contributed by atoms with Crippen molar-refractivity contribution in [2.24, 2.45) is 0 Å². The van der Waals surface area contributed by atoms with Gasteiger partial charge in [0.15, 0.2) is 23.2 Å². The minimum absolute atomic E-state index is 0.0970. The van der Waals surface area contributed by atoms with Gasteiger partial charge in [0.05, 0.1) is 19.0 Å². The third-order valence-electron chi connectivity index (χ3n) is 6.16. The van der Waals surface area contributed by atoms with E-state index in [1.807, 2.05) is 0 Å². The first-order valence-corrected chi connectivity index (χ1v) is 14.3. The number of nitrogen functional groups attached to an aromatic ring is 1. The number of ether oxygens (including phenoxy) is 2. The molecule has 0 bridgehead atoms. The van der Waals surface area contributed by atoms with Crippen LogP contribution in [0.15, 0.2) is 49.3 Å². The number of para-hydroxylation sites is 1. The number of nitrogens with two attached hydrogens (primary N) is 1. The number of anilines is 2. The molecule has 4 rings (SSSR count). The SMILES string of the molecule is C=C[C@@]1(F)[C@H](O)[C@@H](CO[P@@](=O)(N[C@@H](C)C(=O)OC(C)C)Oc2ccccc2)O[C@H]1n1cnc2c(NC)nc(N)nc21. The highest BCUT2D eigenvalue weighted by Gasteiger charge is 2.57. The molecular weight excluding hydrogens is 560 g/mol. The third-order valence-corrected chi connectivity index (χ3v) is 7.81. The summed E-state index contributed by atoms with van der Waals surface area (Å²) in [7, 11) is -2.70. The van der Waals surface area contributed by atoms with E-state index in [0.29, 0.717) is 5.82 Å². The maximum Gasteiger partial charge on any atom is 0.459 e. The van der Waals surface area contributed by atoms with Crippen LogP contribution in [0.2, 0.25) is 0 Å². The van der Waals surface area contributed by atoms with Gasteiger partial charge in [0.25, 0.3) is 0 Å².